The first-order valence-corrected chi connectivity index (χ1v) is 47.7. The van der Waals surface area contributed by atoms with Crippen LogP contribution in [0.1, 0.15) is 191 Å². The van der Waals surface area contributed by atoms with Gasteiger partial charge in [-0.25, -0.2) is 0 Å². The summed E-state index contributed by atoms with van der Waals surface area (Å²) in [7, 11) is 0. The number of rotatable bonds is 8. The van der Waals surface area contributed by atoms with E-state index >= 15 is 0 Å². The molecule has 17 aromatic carbocycles. The molecule has 18 aromatic rings. The van der Waals surface area contributed by atoms with Crippen molar-refractivity contribution in [2.45, 2.75) is 163 Å². The number of anilines is 12. The van der Waals surface area contributed by atoms with Crippen molar-refractivity contribution in [2.24, 2.45) is 0 Å². The molecular weight excluding hydrogens is 1620 g/mol. The monoisotopic (exact) mass is 1740 g/mol. The average Bonchev–Trinajstić information content (AvgIpc) is 1.23. The van der Waals surface area contributed by atoms with Gasteiger partial charge in [0, 0.05) is 78.8 Å². The SMILES string of the molecule is [2H]c1c([2H])c([2H])c2c(c1[2H])c1c([2H])c([2H])c([2H])c([2H])c1n2-c1cc2c3c(c1)N(c1ccc(C(C)(C)C)cc1-c1ccccc1)c1cc4c(cc1B3c1ccccc1N2c1ccc(C(C)(C)C)cc1-c1ccccc1)B1c2ccccc2N(c2cc(C(C)(C)C)cc(C(C)(C)C)c2)c2cc(-c3cccc5c3C3(c6ccccc6-c6ccccc63)c3ccccc3-5)cc(c21)N4c1cc(C(C)(C)C)cc(C(C)(C)C)c1. The van der Waals surface area contributed by atoms with E-state index in [1.54, 1.807) is 4.57 Å². The highest BCUT2D eigenvalue weighted by Crippen LogP contribution is 2.66. The third-order valence-corrected chi connectivity index (χ3v) is 29.9. The van der Waals surface area contributed by atoms with Crippen LogP contribution in [-0.2, 0) is 37.9 Å². The standard InChI is InChI=1S/C127H113B2N5/c1-121(2,3)81-60-62-108(97(72-81)78-40-21-19-22-41-78)133-111-59-38-34-55-103(111)129-105-76-104-112(77-113(105)134(109-63-61-82(122(4,5)6)73-98(109)79-42-23-20-24-43-79)117-75-89(74-116(133)120(117)129)130-106-56-35-28-47-94(106)95-48-29-36-57-107(95)130)132(88-70-85(125(13,14)15)67-86(71-88)126(16,17)18)115-65-80(64-114-119(115)128(104)102-54-33-37-58-110(102)131(114)87-68-83(123(7,8)9)66-84(69-87)124(10,11)12)90-49-39-50-96-93-46-27-32-53-101(93)127(118(90)96)99-51-30-25-44-91(99)92-45-26-31-52-100(92)127/h19-77H,1-18H3/i28D,29D,35D,36D,47D,48D,56D,57D. The van der Waals surface area contributed by atoms with Crippen LogP contribution >= 0.6 is 0 Å². The molecule has 0 fully saturated rings. The van der Waals surface area contributed by atoms with Crippen molar-refractivity contribution in [3.05, 3.63) is 413 Å². The van der Waals surface area contributed by atoms with Crippen molar-refractivity contribution in [3.63, 3.8) is 0 Å². The second-order valence-electron chi connectivity index (χ2n) is 44.3. The summed E-state index contributed by atoms with van der Waals surface area (Å²) < 4.78 is 80.8. The Morgan fingerprint density at radius 2 is 0.582 bits per heavy atom. The van der Waals surface area contributed by atoms with Gasteiger partial charge < -0.3 is 24.2 Å². The van der Waals surface area contributed by atoms with Gasteiger partial charge in [0.15, 0.2) is 0 Å². The second kappa shape index (κ2) is 29.4. The maximum atomic E-state index is 10.3. The van der Waals surface area contributed by atoms with Crippen LogP contribution in [-0.4, -0.2) is 18.0 Å². The van der Waals surface area contributed by atoms with Crippen LogP contribution in [0.5, 0.6) is 0 Å². The van der Waals surface area contributed by atoms with E-state index in [0.717, 1.165) is 140 Å². The van der Waals surface area contributed by atoms with Crippen molar-refractivity contribution in [2.75, 3.05) is 19.6 Å². The molecule has 0 unspecified atom stereocenters. The third kappa shape index (κ3) is 12.5. The van der Waals surface area contributed by atoms with Crippen LogP contribution in [0.25, 0.3) is 83.1 Å². The molecule has 6 aliphatic rings. The average molecular weight is 1740 g/mol. The lowest BCUT2D eigenvalue weighted by molar-refractivity contribution is 0.568. The third-order valence-electron chi connectivity index (χ3n) is 29.9. The van der Waals surface area contributed by atoms with Crippen LogP contribution in [0, 0.1) is 0 Å². The van der Waals surface area contributed by atoms with Crippen LogP contribution in [0.2, 0.25) is 0 Å². The van der Waals surface area contributed by atoms with Crippen LogP contribution < -0.4 is 52.4 Å². The molecule has 1 spiro atoms. The van der Waals surface area contributed by atoms with Crippen molar-refractivity contribution in [1.82, 2.24) is 4.57 Å². The zero-order chi connectivity index (χ0) is 99.0. The fraction of sp³-hybridized carbons (Fsp3) is 0.197. The molecule has 0 radical (unpaired) electrons. The number of fused-ring (bicyclic) bond motifs is 21. The summed E-state index contributed by atoms with van der Waals surface area (Å²) in [5.74, 6) is 0. The molecule has 7 heteroatoms. The van der Waals surface area contributed by atoms with Gasteiger partial charge in [-0.3, -0.25) is 0 Å². The molecule has 652 valence electrons. The summed E-state index contributed by atoms with van der Waals surface area (Å²) in [6.07, 6.45) is 0. The van der Waals surface area contributed by atoms with Crippen LogP contribution in [0.3, 0.4) is 0 Å². The number of nitrogens with zero attached hydrogens (tertiary/aromatic N) is 5. The second-order valence-corrected chi connectivity index (χ2v) is 44.3. The van der Waals surface area contributed by atoms with E-state index in [4.69, 9.17) is 0 Å². The molecule has 4 aliphatic heterocycles. The summed E-state index contributed by atoms with van der Waals surface area (Å²) in [4.78, 5) is 10.2. The van der Waals surface area contributed by atoms with E-state index in [9.17, 15) is 11.0 Å². The molecule has 0 amide bonds. The molecule has 2 aliphatic carbocycles. The molecule has 0 saturated heterocycles. The maximum absolute atomic E-state index is 10.3. The Labute approximate surface area is 803 Å². The molecule has 0 saturated carbocycles. The van der Waals surface area contributed by atoms with E-state index in [2.05, 4.69) is 454 Å². The maximum Gasteiger partial charge on any atom is 0.252 e. The quantitative estimate of drug-likeness (QED) is 0.141. The van der Waals surface area contributed by atoms with Crippen LogP contribution in [0.15, 0.2) is 358 Å². The van der Waals surface area contributed by atoms with E-state index in [0.29, 0.717) is 5.69 Å². The van der Waals surface area contributed by atoms with E-state index in [1.807, 2.05) is 0 Å². The fourth-order valence-electron chi connectivity index (χ4n) is 23.1. The molecular formula is C127H113B2N5. The number of hydrogen-bond donors (Lipinski definition) is 0. The highest BCUT2D eigenvalue weighted by atomic mass is 15.2. The Kier molecular flexibility index (Phi) is 16.3. The lowest BCUT2D eigenvalue weighted by atomic mass is 9.30. The molecule has 0 N–H and O–H groups in total. The first-order chi connectivity index (χ1) is 67.6. The Hall–Kier alpha value is -14.1. The predicted octanol–water partition coefficient (Wildman–Crippen LogP) is 30.1. The van der Waals surface area contributed by atoms with Crippen molar-refractivity contribution < 1.29 is 11.0 Å². The zero-order valence-electron chi connectivity index (χ0n) is 87.8. The number of para-hydroxylation sites is 4. The molecule has 1 aromatic heterocycles. The van der Waals surface area contributed by atoms with Gasteiger partial charge in [-0.15, -0.1) is 0 Å². The molecule has 0 bridgehead atoms. The van der Waals surface area contributed by atoms with Gasteiger partial charge in [0.25, 0.3) is 13.4 Å². The molecule has 134 heavy (non-hydrogen) atoms. The Balaban J connectivity index is 0.897. The number of aromatic nitrogens is 1. The van der Waals surface area contributed by atoms with Crippen molar-refractivity contribution in [3.8, 4) is 61.3 Å². The van der Waals surface area contributed by atoms with Gasteiger partial charge in [-0.1, -0.05) is 379 Å². The normalized spacial score (nSPS) is 15.1. The van der Waals surface area contributed by atoms with Gasteiger partial charge in [0.1, 0.15) is 0 Å². The molecule has 5 heterocycles. The Morgan fingerprint density at radius 3 is 1.02 bits per heavy atom. The largest absolute Gasteiger partial charge is 0.311 e. The first-order valence-electron chi connectivity index (χ1n) is 51.7. The van der Waals surface area contributed by atoms with E-state index in [1.165, 1.54) is 72.2 Å². The van der Waals surface area contributed by atoms with E-state index < -0.39 is 55.1 Å². The minimum absolute atomic E-state index is 0.00526. The number of benzene rings is 17. The minimum atomic E-state index is -0.733. The van der Waals surface area contributed by atoms with E-state index in [-0.39, 0.29) is 66.4 Å². The summed E-state index contributed by atoms with van der Waals surface area (Å²) in [6, 6.07) is 114. The Morgan fingerprint density at radius 1 is 0.231 bits per heavy atom. The zero-order valence-corrected chi connectivity index (χ0v) is 79.8. The molecule has 0 atom stereocenters. The summed E-state index contributed by atoms with van der Waals surface area (Å²) in [6.45, 7) is 40.7. The summed E-state index contributed by atoms with van der Waals surface area (Å²) >= 11 is 0. The molecule has 24 rings (SSSR count). The highest BCUT2D eigenvalue weighted by Gasteiger charge is 2.55. The lowest BCUT2D eigenvalue weighted by Crippen LogP contribution is -2.65. The highest BCUT2D eigenvalue weighted by molar-refractivity contribution is 7.03. The predicted molar refractivity (Wildman–Crippen MR) is 574 cm³/mol. The number of hydrogen-bond acceptors (Lipinski definition) is 4. The summed E-state index contributed by atoms with van der Waals surface area (Å²) in [5.41, 5.74) is 38.8. The lowest BCUT2D eigenvalue weighted by Gasteiger charge is -2.48. The van der Waals surface area contributed by atoms with Crippen molar-refractivity contribution in [1.29, 1.82) is 0 Å². The topological polar surface area (TPSA) is 17.9 Å². The fourth-order valence-corrected chi connectivity index (χ4v) is 23.1. The van der Waals surface area contributed by atoms with Gasteiger partial charge in [0.05, 0.1) is 44.5 Å². The van der Waals surface area contributed by atoms with Gasteiger partial charge in [-0.05, 0) is 268 Å². The smallest absolute Gasteiger partial charge is 0.252 e. The van der Waals surface area contributed by atoms with Gasteiger partial charge >= 0.3 is 0 Å². The van der Waals surface area contributed by atoms with Gasteiger partial charge in [-0.2, -0.15) is 0 Å². The Bertz CT molecular complexity index is 8300. The molecule has 5 nitrogen and oxygen atoms in total. The van der Waals surface area contributed by atoms with Crippen molar-refractivity contribution >= 4 is 136 Å². The summed E-state index contributed by atoms with van der Waals surface area (Å²) in [5, 5.41) is -0.0105. The first kappa shape index (κ1) is 74.4. The van der Waals surface area contributed by atoms with Gasteiger partial charge in [0.2, 0.25) is 0 Å². The minimum Gasteiger partial charge on any atom is -0.311 e. The van der Waals surface area contributed by atoms with Crippen LogP contribution in [0.4, 0.5) is 68.2 Å².